The number of rotatable bonds is 7. The second kappa shape index (κ2) is 6.77. The quantitative estimate of drug-likeness (QED) is 0.681. The van der Waals surface area contributed by atoms with E-state index in [1.807, 2.05) is 0 Å². The van der Waals surface area contributed by atoms with Gasteiger partial charge in [0.25, 0.3) is 0 Å². The summed E-state index contributed by atoms with van der Waals surface area (Å²) in [6.45, 7) is 6.59. The summed E-state index contributed by atoms with van der Waals surface area (Å²) in [5.41, 5.74) is 0. The van der Waals surface area contributed by atoms with Gasteiger partial charge in [0.1, 0.15) is 0 Å². The molecular weight excluding hydrogens is 206 g/mol. The largest absolute Gasteiger partial charge is 0.385 e. The fourth-order valence-corrected chi connectivity index (χ4v) is 3.82. The van der Waals surface area contributed by atoms with Gasteiger partial charge in [-0.05, 0) is 44.9 Å². The first-order chi connectivity index (χ1) is 7.23. The molecule has 1 aliphatic rings. The Kier molecular flexibility index (Phi) is 6.02. The molecule has 15 heavy (non-hydrogen) atoms. The van der Waals surface area contributed by atoms with Crippen LogP contribution in [0.5, 0.6) is 0 Å². The zero-order valence-electron chi connectivity index (χ0n) is 10.3. The highest BCUT2D eigenvalue weighted by Crippen LogP contribution is 2.41. The molecule has 1 aliphatic heterocycles. The zero-order chi connectivity index (χ0) is 11.1. The van der Waals surface area contributed by atoms with Crippen LogP contribution in [0.1, 0.15) is 39.5 Å². The minimum atomic E-state index is 0.462. The maximum absolute atomic E-state index is 5.13. The van der Waals surface area contributed by atoms with Gasteiger partial charge in [0.2, 0.25) is 0 Å². The smallest absolute Gasteiger partial charge is 0.0462 e. The van der Waals surface area contributed by atoms with Crippen LogP contribution in [0.3, 0.4) is 0 Å². The third kappa shape index (κ3) is 3.97. The van der Waals surface area contributed by atoms with E-state index in [0.717, 1.165) is 13.2 Å². The van der Waals surface area contributed by atoms with E-state index < -0.39 is 0 Å². The normalized spacial score (nSPS) is 28.2. The molecule has 1 saturated heterocycles. The van der Waals surface area contributed by atoms with Crippen LogP contribution in [0, 0.1) is 0 Å². The van der Waals surface area contributed by atoms with Crippen molar-refractivity contribution in [2.75, 3.05) is 26.0 Å². The van der Waals surface area contributed by atoms with Gasteiger partial charge in [0.15, 0.2) is 0 Å². The Morgan fingerprint density at radius 2 is 2.33 bits per heavy atom. The van der Waals surface area contributed by atoms with E-state index in [-0.39, 0.29) is 0 Å². The maximum Gasteiger partial charge on any atom is 0.0462 e. The Labute approximate surface area is 98.5 Å². The van der Waals surface area contributed by atoms with Crippen molar-refractivity contribution in [1.29, 1.82) is 0 Å². The van der Waals surface area contributed by atoms with Crippen molar-refractivity contribution in [3.63, 3.8) is 0 Å². The van der Waals surface area contributed by atoms with Gasteiger partial charge in [-0.1, -0.05) is 6.92 Å². The Morgan fingerprint density at radius 1 is 1.53 bits per heavy atom. The van der Waals surface area contributed by atoms with Crippen LogP contribution < -0.4 is 5.32 Å². The van der Waals surface area contributed by atoms with Gasteiger partial charge < -0.3 is 10.1 Å². The van der Waals surface area contributed by atoms with Crippen molar-refractivity contribution in [3.8, 4) is 0 Å². The van der Waals surface area contributed by atoms with Gasteiger partial charge in [-0.15, -0.1) is 0 Å². The fourth-order valence-electron chi connectivity index (χ4n) is 2.38. The fraction of sp³-hybridized carbons (Fsp3) is 1.00. The summed E-state index contributed by atoms with van der Waals surface area (Å²) in [5, 5.41) is 3.65. The van der Waals surface area contributed by atoms with Crippen molar-refractivity contribution in [3.05, 3.63) is 0 Å². The molecule has 2 nitrogen and oxygen atoms in total. The first-order valence-electron chi connectivity index (χ1n) is 6.09. The molecule has 0 amide bonds. The van der Waals surface area contributed by atoms with Crippen LogP contribution in [0.25, 0.3) is 0 Å². The van der Waals surface area contributed by atoms with Gasteiger partial charge in [-0.2, -0.15) is 11.8 Å². The summed E-state index contributed by atoms with van der Waals surface area (Å²) in [5.74, 6) is 1.34. The molecular formula is C12H25NOS. The van der Waals surface area contributed by atoms with Crippen LogP contribution in [-0.4, -0.2) is 36.8 Å². The Hall–Kier alpha value is 0.270. The number of hydrogen-bond donors (Lipinski definition) is 1. The van der Waals surface area contributed by atoms with Gasteiger partial charge >= 0.3 is 0 Å². The van der Waals surface area contributed by atoms with Gasteiger partial charge in [-0.3, -0.25) is 0 Å². The standard InChI is InChI=1S/C12H25NOS/c1-4-13-11(7-5-9-14-3)12(2)8-6-10-15-12/h11,13H,4-10H2,1-3H3. The second-order valence-corrected chi connectivity index (χ2v) is 6.14. The molecule has 1 heterocycles. The highest BCUT2D eigenvalue weighted by Gasteiger charge is 2.36. The molecule has 0 aromatic rings. The van der Waals surface area contributed by atoms with Crippen LogP contribution in [0.4, 0.5) is 0 Å². The number of thioether (sulfide) groups is 1. The third-order valence-electron chi connectivity index (χ3n) is 3.28. The molecule has 1 rings (SSSR count). The number of methoxy groups -OCH3 is 1. The van der Waals surface area contributed by atoms with Crippen LogP contribution in [-0.2, 0) is 4.74 Å². The molecule has 0 aromatic heterocycles. The molecule has 0 aromatic carbocycles. The Bertz CT molecular complexity index is 169. The van der Waals surface area contributed by atoms with Crippen LogP contribution in [0.15, 0.2) is 0 Å². The molecule has 0 radical (unpaired) electrons. The number of nitrogens with one attached hydrogen (secondary N) is 1. The lowest BCUT2D eigenvalue weighted by atomic mass is 9.92. The van der Waals surface area contributed by atoms with Gasteiger partial charge in [0, 0.05) is 24.5 Å². The summed E-state index contributed by atoms with van der Waals surface area (Å²) in [6.07, 6.45) is 5.16. The van der Waals surface area contributed by atoms with Crippen molar-refractivity contribution in [2.24, 2.45) is 0 Å². The summed E-state index contributed by atoms with van der Waals surface area (Å²) in [7, 11) is 1.79. The van der Waals surface area contributed by atoms with Crippen LogP contribution in [0.2, 0.25) is 0 Å². The molecule has 0 bridgehead atoms. The van der Waals surface area contributed by atoms with E-state index >= 15 is 0 Å². The lowest BCUT2D eigenvalue weighted by molar-refractivity contribution is 0.186. The predicted molar refractivity (Wildman–Crippen MR) is 68.7 cm³/mol. The minimum absolute atomic E-state index is 0.462. The van der Waals surface area contributed by atoms with Gasteiger partial charge in [0.05, 0.1) is 0 Å². The predicted octanol–water partition coefficient (Wildman–Crippen LogP) is 2.68. The molecule has 1 N–H and O–H groups in total. The highest BCUT2D eigenvalue weighted by molar-refractivity contribution is 8.00. The van der Waals surface area contributed by atoms with E-state index in [0.29, 0.717) is 10.8 Å². The third-order valence-corrected chi connectivity index (χ3v) is 4.92. The lowest BCUT2D eigenvalue weighted by Crippen LogP contribution is -2.45. The van der Waals surface area contributed by atoms with Crippen molar-refractivity contribution >= 4 is 11.8 Å². The molecule has 2 unspecified atom stereocenters. The van der Waals surface area contributed by atoms with Gasteiger partial charge in [-0.25, -0.2) is 0 Å². The highest BCUT2D eigenvalue weighted by atomic mass is 32.2. The second-order valence-electron chi connectivity index (χ2n) is 4.51. The first kappa shape index (κ1) is 13.3. The average Bonchev–Trinajstić information content (AvgIpc) is 2.65. The lowest BCUT2D eigenvalue weighted by Gasteiger charge is -2.34. The average molecular weight is 231 g/mol. The topological polar surface area (TPSA) is 21.3 Å². The molecule has 0 aliphatic carbocycles. The SMILES string of the molecule is CCNC(CCCOC)C1(C)CCCS1. The molecule has 2 atom stereocenters. The Balaban J connectivity index is 2.40. The first-order valence-corrected chi connectivity index (χ1v) is 7.08. The zero-order valence-corrected chi connectivity index (χ0v) is 11.2. The molecule has 3 heteroatoms. The van der Waals surface area contributed by atoms with E-state index in [4.69, 9.17) is 4.74 Å². The number of hydrogen-bond acceptors (Lipinski definition) is 3. The summed E-state index contributed by atoms with van der Waals surface area (Å²) in [6, 6.07) is 0.658. The summed E-state index contributed by atoms with van der Waals surface area (Å²) >= 11 is 2.15. The van der Waals surface area contributed by atoms with Crippen LogP contribution >= 0.6 is 11.8 Å². The molecule has 0 saturated carbocycles. The van der Waals surface area contributed by atoms with Crippen molar-refractivity contribution < 1.29 is 4.74 Å². The molecule has 0 spiro atoms. The van der Waals surface area contributed by atoms with E-state index in [1.165, 1.54) is 31.4 Å². The minimum Gasteiger partial charge on any atom is -0.385 e. The van der Waals surface area contributed by atoms with E-state index in [9.17, 15) is 0 Å². The summed E-state index contributed by atoms with van der Waals surface area (Å²) in [4.78, 5) is 0. The monoisotopic (exact) mass is 231 g/mol. The van der Waals surface area contributed by atoms with Crippen molar-refractivity contribution in [1.82, 2.24) is 5.32 Å². The van der Waals surface area contributed by atoms with E-state index in [1.54, 1.807) is 7.11 Å². The summed E-state index contributed by atoms with van der Waals surface area (Å²) < 4.78 is 5.59. The molecule has 1 fully saturated rings. The maximum atomic E-state index is 5.13. The number of ether oxygens (including phenoxy) is 1. The Morgan fingerprint density at radius 3 is 2.87 bits per heavy atom. The molecule has 90 valence electrons. The van der Waals surface area contributed by atoms with E-state index in [2.05, 4.69) is 30.9 Å². The van der Waals surface area contributed by atoms with Crippen molar-refractivity contribution in [2.45, 2.75) is 50.3 Å².